The fourth-order valence-corrected chi connectivity index (χ4v) is 4.47. The number of thiazole rings is 1. The summed E-state index contributed by atoms with van der Waals surface area (Å²) in [6.45, 7) is 4.32. The number of aliphatic carboxylic acids is 1. The molecule has 2 heterocycles. The van der Waals surface area contributed by atoms with Gasteiger partial charge in [0.2, 0.25) is 0 Å². The minimum absolute atomic E-state index is 0.0568. The number of nitrogens with zero attached hydrogens (tertiary/aromatic N) is 2. The Morgan fingerprint density at radius 3 is 2.90 bits per heavy atom. The van der Waals surface area contributed by atoms with Crippen molar-refractivity contribution in [3.63, 3.8) is 0 Å². The molecule has 0 saturated carbocycles. The molecule has 1 aliphatic rings. The molecule has 0 aromatic carbocycles. The molecule has 21 heavy (non-hydrogen) atoms. The molecule has 116 valence electrons. The molecule has 8 heteroatoms. The summed E-state index contributed by atoms with van der Waals surface area (Å²) in [6.07, 6.45) is 1.73. The van der Waals surface area contributed by atoms with Gasteiger partial charge in [0.15, 0.2) is 0 Å². The Hall–Kier alpha value is -1.28. The maximum Gasteiger partial charge on any atom is 0.327 e. The summed E-state index contributed by atoms with van der Waals surface area (Å²) in [6, 6.07) is -1.05. The first-order valence-corrected chi connectivity index (χ1v) is 8.77. The summed E-state index contributed by atoms with van der Waals surface area (Å²) in [7, 11) is 0. The van der Waals surface area contributed by atoms with E-state index in [1.54, 1.807) is 17.3 Å². The van der Waals surface area contributed by atoms with Crippen LogP contribution >= 0.6 is 23.1 Å². The summed E-state index contributed by atoms with van der Waals surface area (Å²) in [5, 5.41) is 12.0. The van der Waals surface area contributed by atoms with Crippen molar-refractivity contribution in [2.45, 2.75) is 44.6 Å². The van der Waals surface area contributed by atoms with Gasteiger partial charge in [-0.15, -0.1) is 23.1 Å². The van der Waals surface area contributed by atoms with Crippen molar-refractivity contribution in [1.29, 1.82) is 0 Å². The van der Waals surface area contributed by atoms with Crippen molar-refractivity contribution < 1.29 is 14.7 Å². The van der Waals surface area contributed by atoms with Crippen LogP contribution in [0.25, 0.3) is 0 Å². The highest BCUT2D eigenvalue weighted by Crippen LogP contribution is 2.32. The van der Waals surface area contributed by atoms with Crippen LogP contribution < -0.4 is 5.32 Å². The zero-order valence-corrected chi connectivity index (χ0v) is 13.7. The van der Waals surface area contributed by atoms with Gasteiger partial charge in [-0.05, 0) is 13.3 Å². The van der Waals surface area contributed by atoms with E-state index in [9.17, 15) is 14.7 Å². The number of carbonyl (C=O) groups excluding carboxylic acids is 1. The topological polar surface area (TPSA) is 82.5 Å². The van der Waals surface area contributed by atoms with Crippen molar-refractivity contribution in [1.82, 2.24) is 15.2 Å². The second-order valence-corrected chi connectivity index (χ2v) is 7.01. The lowest BCUT2D eigenvalue weighted by Gasteiger charge is -2.27. The number of aromatic nitrogens is 1. The van der Waals surface area contributed by atoms with Crippen molar-refractivity contribution >= 4 is 35.1 Å². The third kappa shape index (κ3) is 3.68. The van der Waals surface area contributed by atoms with Gasteiger partial charge in [-0.2, -0.15) is 0 Å². The van der Waals surface area contributed by atoms with E-state index >= 15 is 0 Å². The van der Waals surface area contributed by atoms with Gasteiger partial charge in [0.05, 0.1) is 23.1 Å². The molecule has 0 bridgehead atoms. The maximum absolute atomic E-state index is 12.4. The lowest BCUT2D eigenvalue weighted by molar-refractivity contribution is -0.141. The number of carbonyl (C=O) groups is 2. The molecule has 0 aliphatic carbocycles. The Balaban J connectivity index is 2.02. The third-order valence-corrected chi connectivity index (χ3v) is 5.68. The summed E-state index contributed by atoms with van der Waals surface area (Å²) in [5.74, 6) is -0.488. The van der Waals surface area contributed by atoms with Gasteiger partial charge >= 0.3 is 12.0 Å². The van der Waals surface area contributed by atoms with Gasteiger partial charge in [-0.1, -0.05) is 13.3 Å². The number of nitrogens with one attached hydrogen (secondary N) is 1. The van der Waals surface area contributed by atoms with Crippen LogP contribution in [0.3, 0.4) is 0 Å². The summed E-state index contributed by atoms with van der Waals surface area (Å²) in [4.78, 5) is 30.3. The number of urea groups is 1. The Morgan fingerprint density at radius 1 is 1.57 bits per heavy atom. The van der Waals surface area contributed by atoms with Gasteiger partial charge in [0, 0.05) is 10.6 Å². The number of hydrogen-bond acceptors (Lipinski definition) is 5. The number of hydrogen-bond donors (Lipinski definition) is 2. The van der Waals surface area contributed by atoms with Crippen molar-refractivity contribution in [3.8, 4) is 0 Å². The van der Waals surface area contributed by atoms with E-state index in [0.29, 0.717) is 12.3 Å². The zero-order chi connectivity index (χ0) is 15.4. The van der Waals surface area contributed by atoms with Crippen molar-refractivity contribution in [2.24, 2.45) is 0 Å². The number of rotatable bonds is 5. The van der Waals surface area contributed by atoms with Crippen molar-refractivity contribution in [2.75, 3.05) is 5.75 Å². The van der Waals surface area contributed by atoms with Gasteiger partial charge in [-0.3, -0.25) is 4.90 Å². The van der Waals surface area contributed by atoms with Gasteiger partial charge in [0.1, 0.15) is 6.04 Å². The van der Waals surface area contributed by atoms with Crippen LogP contribution in [0.2, 0.25) is 0 Å². The van der Waals surface area contributed by atoms with E-state index in [1.165, 1.54) is 16.2 Å². The highest BCUT2D eigenvalue weighted by atomic mass is 32.2. The second kappa shape index (κ2) is 7.13. The molecule has 1 aromatic rings. The van der Waals surface area contributed by atoms with E-state index in [2.05, 4.69) is 10.3 Å². The van der Waals surface area contributed by atoms with Gasteiger partial charge < -0.3 is 10.4 Å². The predicted molar refractivity (Wildman–Crippen MR) is 83.5 cm³/mol. The number of aryl methyl sites for hydroxylation is 1. The largest absolute Gasteiger partial charge is 0.480 e. The van der Waals surface area contributed by atoms with Crippen LogP contribution in [0.1, 0.15) is 30.3 Å². The van der Waals surface area contributed by atoms with Gasteiger partial charge in [0.25, 0.3) is 0 Å². The SMILES string of the molecule is CCCC1SCC(C(=O)O)N1C(=O)NCc1scnc1C. The smallest absolute Gasteiger partial charge is 0.327 e. The first-order chi connectivity index (χ1) is 10.0. The molecule has 2 atom stereocenters. The first-order valence-electron chi connectivity index (χ1n) is 6.84. The van der Waals surface area contributed by atoms with Crippen LogP contribution in [0.4, 0.5) is 4.79 Å². The summed E-state index contributed by atoms with van der Waals surface area (Å²) >= 11 is 3.03. The monoisotopic (exact) mass is 329 g/mol. The fourth-order valence-electron chi connectivity index (χ4n) is 2.24. The van der Waals surface area contributed by atoms with Crippen LogP contribution in [0, 0.1) is 6.92 Å². The summed E-state index contributed by atoms with van der Waals surface area (Å²) < 4.78 is 0. The van der Waals surface area contributed by atoms with Crippen LogP contribution in [-0.4, -0.2) is 44.2 Å². The average molecular weight is 329 g/mol. The van der Waals surface area contributed by atoms with E-state index in [4.69, 9.17) is 0 Å². The van der Waals surface area contributed by atoms with E-state index in [1.807, 2.05) is 13.8 Å². The zero-order valence-electron chi connectivity index (χ0n) is 12.0. The lowest BCUT2D eigenvalue weighted by Crippen LogP contribution is -2.49. The maximum atomic E-state index is 12.4. The molecule has 2 N–H and O–H groups in total. The number of carboxylic acid groups (broad SMARTS) is 1. The van der Waals surface area contributed by atoms with E-state index in [-0.39, 0.29) is 11.4 Å². The molecule has 0 radical (unpaired) electrons. The second-order valence-electron chi connectivity index (χ2n) is 4.86. The molecule has 1 aromatic heterocycles. The molecule has 6 nitrogen and oxygen atoms in total. The Morgan fingerprint density at radius 2 is 2.33 bits per heavy atom. The fraction of sp³-hybridized carbons (Fsp3) is 0.615. The average Bonchev–Trinajstić information content (AvgIpc) is 3.03. The molecule has 0 spiro atoms. The van der Waals surface area contributed by atoms with Crippen LogP contribution in [0.5, 0.6) is 0 Å². The highest BCUT2D eigenvalue weighted by molar-refractivity contribution is 8.00. The summed E-state index contributed by atoms with van der Waals surface area (Å²) in [5.41, 5.74) is 2.64. The normalized spacial score (nSPS) is 21.5. The first kappa shape index (κ1) is 16.1. The Labute approximate surface area is 131 Å². The van der Waals surface area contributed by atoms with Gasteiger partial charge in [-0.25, -0.2) is 14.6 Å². The van der Waals surface area contributed by atoms with E-state index < -0.39 is 12.0 Å². The molecule has 1 saturated heterocycles. The third-order valence-electron chi connectivity index (χ3n) is 3.39. The number of carboxylic acids is 1. The Kier molecular flexibility index (Phi) is 5.46. The standard InChI is InChI=1S/C13H19N3O3S2/c1-3-4-11-16(9(6-20-11)12(17)18)13(19)14-5-10-8(2)15-7-21-10/h7,9,11H,3-6H2,1-2H3,(H,14,19)(H,17,18). The molecule has 1 aliphatic heterocycles. The minimum Gasteiger partial charge on any atom is -0.480 e. The molecular formula is C13H19N3O3S2. The molecule has 1 fully saturated rings. The highest BCUT2D eigenvalue weighted by Gasteiger charge is 2.41. The predicted octanol–water partition coefficient (Wildman–Crippen LogP) is 2.29. The lowest BCUT2D eigenvalue weighted by atomic mass is 10.2. The molecule has 2 unspecified atom stereocenters. The molecular weight excluding hydrogens is 310 g/mol. The number of amides is 2. The van der Waals surface area contributed by atoms with E-state index in [0.717, 1.165) is 23.4 Å². The molecule has 2 rings (SSSR count). The van der Waals surface area contributed by atoms with Crippen molar-refractivity contribution in [3.05, 3.63) is 16.1 Å². The van der Waals surface area contributed by atoms with Crippen LogP contribution in [0.15, 0.2) is 5.51 Å². The Bertz CT molecular complexity index is 521. The molecule has 2 amide bonds. The quantitative estimate of drug-likeness (QED) is 0.866. The van der Waals surface area contributed by atoms with Crippen LogP contribution in [-0.2, 0) is 11.3 Å². The number of thioether (sulfide) groups is 1. The minimum atomic E-state index is -0.940.